The third-order valence-corrected chi connectivity index (χ3v) is 3.21. The summed E-state index contributed by atoms with van der Waals surface area (Å²) < 4.78 is 5.25. The zero-order valence-electron chi connectivity index (χ0n) is 6.89. The van der Waals surface area contributed by atoms with Crippen molar-refractivity contribution in [3.63, 3.8) is 0 Å². The summed E-state index contributed by atoms with van der Waals surface area (Å²) in [4.78, 5) is 11.2. The van der Waals surface area contributed by atoms with Crippen LogP contribution in [0.4, 0.5) is 0 Å². The highest BCUT2D eigenvalue weighted by molar-refractivity contribution is 9.09. The van der Waals surface area contributed by atoms with Crippen LogP contribution in [0.1, 0.15) is 33.1 Å². The monoisotopic (exact) mass is 220 g/mol. The number of carbonyl (C=O) groups excluding carboxylic acids is 1. The van der Waals surface area contributed by atoms with E-state index in [-0.39, 0.29) is 16.4 Å². The summed E-state index contributed by atoms with van der Waals surface area (Å²) in [6, 6.07) is 0. The Labute approximate surface area is 75.4 Å². The summed E-state index contributed by atoms with van der Waals surface area (Å²) in [5, 5.41) is 0. The van der Waals surface area contributed by atoms with E-state index in [1.807, 2.05) is 13.8 Å². The number of halogens is 1. The first kappa shape index (κ1) is 9.04. The zero-order valence-corrected chi connectivity index (χ0v) is 8.48. The average Bonchev–Trinajstić information content (AvgIpc) is 1.86. The molecule has 2 nitrogen and oxygen atoms in total. The molecule has 0 radical (unpaired) electrons. The van der Waals surface area contributed by atoms with E-state index < -0.39 is 0 Å². The SMILES string of the molecule is C[C@H](Br)[C@]1(C)CCCC(=O)O1. The maximum absolute atomic E-state index is 10.9. The van der Waals surface area contributed by atoms with Crippen molar-refractivity contribution in [1.82, 2.24) is 0 Å². The number of ether oxygens (including phenoxy) is 1. The Balaban J connectivity index is 2.62. The molecule has 0 bridgehead atoms. The lowest BCUT2D eigenvalue weighted by molar-refractivity contribution is -0.164. The molecule has 0 aromatic heterocycles. The third-order valence-electron chi connectivity index (χ3n) is 2.24. The van der Waals surface area contributed by atoms with Crippen LogP contribution in [0.15, 0.2) is 0 Å². The summed E-state index contributed by atoms with van der Waals surface area (Å²) in [7, 11) is 0. The second kappa shape index (κ2) is 3.13. The lowest BCUT2D eigenvalue weighted by Crippen LogP contribution is -2.41. The van der Waals surface area contributed by atoms with Crippen molar-refractivity contribution in [2.45, 2.75) is 43.5 Å². The van der Waals surface area contributed by atoms with Gasteiger partial charge in [-0.25, -0.2) is 0 Å². The number of hydrogen-bond acceptors (Lipinski definition) is 2. The lowest BCUT2D eigenvalue weighted by Gasteiger charge is -2.35. The molecule has 0 saturated carbocycles. The van der Waals surface area contributed by atoms with E-state index >= 15 is 0 Å². The van der Waals surface area contributed by atoms with Gasteiger partial charge in [-0.05, 0) is 26.7 Å². The van der Waals surface area contributed by atoms with Gasteiger partial charge in [0.1, 0.15) is 5.60 Å². The first-order valence-corrected chi connectivity index (χ1v) is 4.82. The minimum Gasteiger partial charge on any atom is -0.458 e. The van der Waals surface area contributed by atoms with Crippen molar-refractivity contribution in [3.05, 3.63) is 0 Å². The Bertz CT molecular complexity index is 167. The maximum atomic E-state index is 10.9. The number of alkyl halides is 1. The number of esters is 1. The predicted molar refractivity (Wildman–Crippen MR) is 46.7 cm³/mol. The molecule has 0 amide bonds. The van der Waals surface area contributed by atoms with Crippen LogP contribution in [-0.4, -0.2) is 16.4 Å². The van der Waals surface area contributed by atoms with Crippen LogP contribution in [0.5, 0.6) is 0 Å². The van der Waals surface area contributed by atoms with Gasteiger partial charge in [0.15, 0.2) is 0 Å². The number of carbonyl (C=O) groups is 1. The Morgan fingerprint density at radius 2 is 2.36 bits per heavy atom. The molecule has 1 heterocycles. The maximum Gasteiger partial charge on any atom is 0.306 e. The van der Waals surface area contributed by atoms with E-state index in [1.165, 1.54) is 0 Å². The highest BCUT2D eigenvalue weighted by Crippen LogP contribution is 2.31. The highest BCUT2D eigenvalue weighted by Gasteiger charge is 2.36. The summed E-state index contributed by atoms with van der Waals surface area (Å²) in [6.45, 7) is 3.99. The second-order valence-corrected chi connectivity index (χ2v) is 4.63. The molecule has 0 aliphatic carbocycles. The topological polar surface area (TPSA) is 26.3 Å². The van der Waals surface area contributed by atoms with Gasteiger partial charge in [0.2, 0.25) is 0 Å². The van der Waals surface area contributed by atoms with Gasteiger partial charge in [-0.2, -0.15) is 0 Å². The largest absolute Gasteiger partial charge is 0.458 e. The first-order chi connectivity index (χ1) is 5.04. The Morgan fingerprint density at radius 3 is 2.73 bits per heavy atom. The molecule has 11 heavy (non-hydrogen) atoms. The predicted octanol–water partition coefficient (Wildman–Crippen LogP) is 2.26. The molecule has 0 spiro atoms. The molecule has 0 aromatic carbocycles. The van der Waals surface area contributed by atoms with Gasteiger partial charge < -0.3 is 4.74 Å². The highest BCUT2D eigenvalue weighted by atomic mass is 79.9. The van der Waals surface area contributed by atoms with Gasteiger partial charge in [-0.15, -0.1) is 0 Å². The Kier molecular flexibility index (Phi) is 2.58. The van der Waals surface area contributed by atoms with Gasteiger partial charge in [0, 0.05) is 6.42 Å². The van der Waals surface area contributed by atoms with Crippen molar-refractivity contribution >= 4 is 21.9 Å². The summed E-state index contributed by atoms with van der Waals surface area (Å²) >= 11 is 3.44. The number of rotatable bonds is 1. The van der Waals surface area contributed by atoms with Crippen LogP contribution < -0.4 is 0 Å². The van der Waals surface area contributed by atoms with Gasteiger partial charge >= 0.3 is 5.97 Å². The second-order valence-electron chi connectivity index (χ2n) is 3.26. The molecule has 0 unspecified atom stereocenters. The molecule has 1 aliphatic heterocycles. The Hall–Kier alpha value is -0.0500. The smallest absolute Gasteiger partial charge is 0.306 e. The van der Waals surface area contributed by atoms with Crippen LogP contribution in [-0.2, 0) is 9.53 Å². The molecule has 1 aliphatic rings. The number of hydrogen-bond donors (Lipinski definition) is 0. The van der Waals surface area contributed by atoms with Gasteiger partial charge in [0.05, 0.1) is 4.83 Å². The molecule has 1 saturated heterocycles. The summed E-state index contributed by atoms with van der Waals surface area (Å²) in [6.07, 6.45) is 2.49. The van der Waals surface area contributed by atoms with E-state index in [0.29, 0.717) is 6.42 Å². The van der Waals surface area contributed by atoms with Crippen molar-refractivity contribution in [3.8, 4) is 0 Å². The standard InChI is InChI=1S/C8H13BrO2/c1-6(9)8(2)5-3-4-7(10)11-8/h6H,3-5H2,1-2H3/t6-,8-/m0/s1. The molecular weight excluding hydrogens is 208 g/mol. The van der Waals surface area contributed by atoms with Crippen molar-refractivity contribution < 1.29 is 9.53 Å². The van der Waals surface area contributed by atoms with Crippen LogP contribution >= 0.6 is 15.9 Å². The van der Waals surface area contributed by atoms with Gasteiger partial charge in [0.25, 0.3) is 0 Å². The van der Waals surface area contributed by atoms with Crippen LogP contribution in [0.2, 0.25) is 0 Å². The van der Waals surface area contributed by atoms with E-state index in [1.54, 1.807) is 0 Å². The van der Waals surface area contributed by atoms with Crippen molar-refractivity contribution in [1.29, 1.82) is 0 Å². The fourth-order valence-electron chi connectivity index (χ4n) is 1.23. The van der Waals surface area contributed by atoms with Crippen LogP contribution in [0.3, 0.4) is 0 Å². The van der Waals surface area contributed by atoms with E-state index in [9.17, 15) is 4.79 Å². The average molecular weight is 221 g/mol. The van der Waals surface area contributed by atoms with Gasteiger partial charge in [-0.3, -0.25) is 4.79 Å². The van der Waals surface area contributed by atoms with Crippen molar-refractivity contribution in [2.75, 3.05) is 0 Å². The minimum absolute atomic E-state index is 0.0648. The van der Waals surface area contributed by atoms with E-state index in [2.05, 4.69) is 15.9 Å². The third kappa shape index (κ3) is 1.95. The lowest BCUT2D eigenvalue weighted by atomic mass is 9.93. The minimum atomic E-state index is -0.282. The van der Waals surface area contributed by atoms with E-state index in [4.69, 9.17) is 4.74 Å². The number of cyclic esters (lactones) is 1. The Morgan fingerprint density at radius 1 is 1.73 bits per heavy atom. The molecule has 64 valence electrons. The molecule has 0 N–H and O–H groups in total. The molecule has 1 fully saturated rings. The van der Waals surface area contributed by atoms with Crippen molar-refractivity contribution in [2.24, 2.45) is 0 Å². The fourth-order valence-corrected chi connectivity index (χ4v) is 1.55. The molecule has 1 rings (SSSR count). The van der Waals surface area contributed by atoms with Crippen LogP contribution in [0.25, 0.3) is 0 Å². The first-order valence-electron chi connectivity index (χ1n) is 3.90. The quantitative estimate of drug-likeness (QED) is 0.501. The fraction of sp³-hybridized carbons (Fsp3) is 0.875. The molecule has 0 aromatic rings. The van der Waals surface area contributed by atoms with Crippen LogP contribution in [0, 0.1) is 0 Å². The van der Waals surface area contributed by atoms with Gasteiger partial charge in [-0.1, -0.05) is 15.9 Å². The molecular formula is C8H13BrO2. The normalized spacial score (nSPS) is 34.6. The molecule has 2 atom stereocenters. The zero-order chi connectivity index (χ0) is 8.48. The summed E-state index contributed by atoms with van der Waals surface area (Å²) in [5.74, 6) is -0.0648. The van der Waals surface area contributed by atoms with E-state index in [0.717, 1.165) is 12.8 Å². The summed E-state index contributed by atoms with van der Waals surface area (Å²) in [5.41, 5.74) is -0.282. The molecule has 3 heteroatoms.